The second-order valence-electron chi connectivity index (χ2n) is 5.12. The molecule has 1 saturated heterocycles. The summed E-state index contributed by atoms with van der Waals surface area (Å²) in [6.45, 7) is 5.80. The van der Waals surface area contributed by atoms with Crippen molar-refractivity contribution in [2.24, 2.45) is 0 Å². The molecule has 0 aliphatic carbocycles. The highest BCUT2D eigenvalue weighted by atomic mass is 16.4. The summed E-state index contributed by atoms with van der Waals surface area (Å²) in [6.07, 6.45) is 4.63. The van der Waals surface area contributed by atoms with Crippen LogP contribution in [0.15, 0.2) is 21.5 Å². The first kappa shape index (κ1) is 14.1. The van der Waals surface area contributed by atoms with Crippen molar-refractivity contribution >= 4 is 0 Å². The predicted octanol–water partition coefficient (Wildman–Crippen LogP) is 1.31. The van der Waals surface area contributed by atoms with Crippen LogP contribution in [0.25, 0.3) is 0 Å². The predicted molar refractivity (Wildman–Crippen MR) is 73.2 cm³/mol. The van der Waals surface area contributed by atoms with Crippen molar-refractivity contribution in [2.45, 2.75) is 38.8 Å². The largest absolute Gasteiger partial charge is 0.502 e. The Bertz CT molecular complexity index is 452. The number of hydrogen-bond acceptors (Lipinski definition) is 5. The van der Waals surface area contributed by atoms with Crippen LogP contribution in [-0.4, -0.2) is 35.7 Å². The summed E-state index contributed by atoms with van der Waals surface area (Å²) in [4.78, 5) is 13.7. The normalized spacial score (nSPS) is 19.2. The number of hydrogen-bond donors (Lipinski definition) is 2. The Morgan fingerprint density at radius 1 is 1.58 bits per heavy atom. The van der Waals surface area contributed by atoms with E-state index in [-0.39, 0.29) is 11.2 Å². The lowest BCUT2D eigenvalue weighted by Gasteiger charge is -2.24. The van der Waals surface area contributed by atoms with Gasteiger partial charge in [0.1, 0.15) is 12.0 Å². The van der Waals surface area contributed by atoms with Crippen LogP contribution in [0.4, 0.5) is 0 Å². The second kappa shape index (κ2) is 6.73. The summed E-state index contributed by atoms with van der Waals surface area (Å²) >= 11 is 0. The zero-order valence-electron chi connectivity index (χ0n) is 11.4. The molecule has 5 nitrogen and oxygen atoms in total. The highest BCUT2D eigenvalue weighted by molar-refractivity contribution is 5.15. The van der Waals surface area contributed by atoms with Crippen molar-refractivity contribution in [1.82, 2.24) is 10.2 Å². The molecule has 2 rings (SSSR count). The molecule has 0 bridgehead atoms. The standard InChI is InChI=1S/C14H22N2O3/c1-2-6-16(8-11-4-3-5-15-11)9-12-7-13(17)14(18)10-19-12/h7,10-11,15,18H,2-6,8-9H2,1H3. The minimum atomic E-state index is -0.378. The van der Waals surface area contributed by atoms with Gasteiger partial charge < -0.3 is 14.8 Å². The second-order valence-corrected chi connectivity index (χ2v) is 5.12. The SMILES string of the molecule is CCCN(Cc1cc(=O)c(O)co1)CC1CCCN1. The Kier molecular flexibility index (Phi) is 4.99. The van der Waals surface area contributed by atoms with Gasteiger partial charge in [-0.25, -0.2) is 0 Å². The van der Waals surface area contributed by atoms with E-state index in [4.69, 9.17) is 4.42 Å². The van der Waals surface area contributed by atoms with Crippen molar-refractivity contribution in [1.29, 1.82) is 0 Å². The van der Waals surface area contributed by atoms with Gasteiger partial charge in [-0.3, -0.25) is 9.69 Å². The van der Waals surface area contributed by atoms with Gasteiger partial charge >= 0.3 is 0 Å². The molecule has 0 spiro atoms. The lowest BCUT2D eigenvalue weighted by atomic mass is 10.2. The fraction of sp³-hybridized carbons (Fsp3) is 0.643. The Morgan fingerprint density at radius 2 is 2.42 bits per heavy atom. The monoisotopic (exact) mass is 266 g/mol. The molecule has 1 aromatic rings. The smallest absolute Gasteiger partial charge is 0.226 e. The maximum atomic E-state index is 11.4. The Balaban J connectivity index is 1.98. The van der Waals surface area contributed by atoms with E-state index < -0.39 is 0 Å². The fourth-order valence-corrected chi connectivity index (χ4v) is 2.52. The Labute approximate surface area is 113 Å². The summed E-state index contributed by atoms with van der Waals surface area (Å²) in [5.74, 6) is 0.275. The van der Waals surface area contributed by atoms with Gasteiger partial charge in [0.2, 0.25) is 5.43 Å². The van der Waals surface area contributed by atoms with Gasteiger partial charge in [0, 0.05) is 18.7 Å². The van der Waals surface area contributed by atoms with Gasteiger partial charge in [-0.1, -0.05) is 6.92 Å². The molecule has 2 heterocycles. The molecule has 1 aliphatic rings. The fourth-order valence-electron chi connectivity index (χ4n) is 2.52. The van der Waals surface area contributed by atoms with Crippen LogP contribution < -0.4 is 10.7 Å². The van der Waals surface area contributed by atoms with E-state index in [2.05, 4.69) is 17.1 Å². The van der Waals surface area contributed by atoms with Crippen LogP contribution in [0.1, 0.15) is 31.9 Å². The molecule has 0 amide bonds. The molecule has 19 heavy (non-hydrogen) atoms. The van der Waals surface area contributed by atoms with Crippen LogP contribution >= 0.6 is 0 Å². The van der Waals surface area contributed by atoms with Crippen LogP contribution in [0, 0.1) is 0 Å². The van der Waals surface area contributed by atoms with Crippen molar-refractivity contribution < 1.29 is 9.52 Å². The quantitative estimate of drug-likeness (QED) is 0.812. The van der Waals surface area contributed by atoms with Crippen LogP contribution in [-0.2, 0) is 6.54 Å². The van der Waals surface area contributed by atoms with Gasteiger partial charge in [-0.15, -0.1) is 0 Å². The molecule has 1 aliphatic heterocycles. The third-order valence-corrected chi connectivity index (χ3v) is 3.43. The average Bonchev–Trinajstić information content (AvgIpc) is 2.87. The Morgan fingerprint density at radius 3 is 3.05 bits per heavy atom. The average molecular weight is 266 g/mol. The molecule has 1 unspecified atom stereocenters. The summed E-state index contributed by atoms with van der Waals surface area (Å²) in [5, 5.41) is 12.7. The van der Waals surface area contributed by atoms with Crippen molar-refractivity contribution in [2.75, 3.05) is 19.6 Å². The molecule has 0 saturated carbocycles. The van der Waals surface area contributed by atoms with E-state index in [1.165, 1.54) is 18.9 Å². The van der Waals surface area contributed by atoms with Gasteiger partial charge in [0.25, 0.3) is 0 Å². The van der Waals surface area contributed by atoms with Crippen LogP contribution in [0.5, 0.6) is 5.75 Å². The van der Waals surface area contributed by atoms with Crippen molar-refractivity contribution in [3.63, 3.8) is 0 Å². The number of rotatable bonds is 6. The maximum Gasteiger partial charge on any atom is 0.226 e. The molecule has 2 N–H and O–H groups in total. The molecule has 0 aromatic carbocycles. The molecular weight excluding hydrogens is 244 g/mol. The third kappa shape index (κ3) is 4.08. The highest BCUT2D eigenvalue weighted by Gasteiger charge is 2.18. The minimum absolute atomic E-state index is 0.330. The zero-order chi connectivity index (χ0) is 13.7. The maximum absolute atomic E-state index is 11.4. The lowest BCUT2D eigenvalue weighted by molar-refractivity contribution is 0.220. The highest BCUT2D eigenvalue weighted by Crippen LogP contribution is 2.11. The van der Waals surface area contributed by atoms with E-state index in [9.17, 15) is 9.90 Å². The van der Waals surface area contributed by atoms with E-state index in [0.29, 0.717) is 18.3 Å². The van der Waals surface area contributed by atoms with Gasteiger partial charge in [0.05, 0.1) is 6.54 Å². The van der Waals surface area contributed by atoms with E-state index in [1.807, 2.05) is 0 Å². The van der Waals surface area contributed by atoms with Gasteiger partial charge in [-0.2, -0.15) is 0 Å². The summed E-state index contributed by atoms with van der Waals surface area (Å²) in [5.41, 5.74) is -0.378. The van der Waals surface area contributed by atoms with Gasteiger partial charge in [-0.05, 0) is 32.4 Å². The van der Waals surface area contributed by atoms with E-state index in [1.54, 1.807) is 0 Å². The molecule has 5 heteroatoms. The van der Waals surface area contributed by atoms with Crippen LogP contribution in [0.3, 0.4) is 0 Å². The zero-order valence-corrected chi connectivity index (χ0v) is 11.4. The summed E-state index contributed by atoms with van der Waals surface area (Å²) in [6, 6.07) is 1.91. The number of nitrogens with zero attached hydrogens (tertiary/aromatic N) is 1. The summed E-state index contributed by atoms with van der Waals surface area (Å²) < 4.78 is 5.27. The minimum Gasteiger partial charge on any atom is -0.502 e. The van der Waals surface area contributed by atoms with Gasteiger partial charge in [0.15, 0.2) is 5.75 Å². The Hall–Kier alpha value is -1.33. The van der Waals surface area contributed by atoms with Crippen molar-refractivity contribution in [3.05, 3.63) is 28.3 Å². The third-order valence-electron chi connectivity index (χ3n) is 3.43. The van der Waals surface area contributed by atoms with Crippen LogP contribution in [0.2, 0.25) is 0 Å². The van der Waals surface area contributed by atoms with E-state index in [0.717, 1.165) is 32.3 Å². The molecule has 1 aromatic heterocycles. The number of aromatic hydroxyl groups is 1. The number of nitrogens with one attached hydrogen (secondary N) is 1. The topological polar surface area (TPSA) is 65.7 Å². The molecule has 1 fully saturated rings. The van der Waals surface area contributed by atoms with Crippen molar-refractivity contribution in [3.8, 4) is 5.75 Å². The first-order valence-corrected chi connectivity index (χ1v) is 6.95. The summed E-state index contributed by atoms with van der Waals surface area (Å²) in [7, 11) is 0. The molecule has 0 radical (unpaired) electrons. The van der Waals surface area contributed by atoms with E-state index >= 15 is 0 Å². The molecule has 106 valence electrons. The lowest BCUT2D eigenvalue weighted by Crippen LogP contribution is -2.37. The first-order chi connectivity index (χ1) is 9.19. The first-order valence-electron chi connectivity index (χ1n) is 6.95. The molecule has 1 atom stereocenters. The molecular formula is C14H22N2O3.